The lowest BCUT2D eigenvalue weighted by atomic mass is 10.2. The maximum atomic E-state index is 10.0. The van der Waals surface area contributed by atoms with E-state index in [1.165, 1.54) is 6.08 Å². The van der Waals surface area contributed by atoms with Crippen molar-refractivity contribution in [3.05, 3.63) is 29.8 Å². The second-order valence-corrected chi connectivity index (χ2v) is 2.56. The second kappa shape index (κ2) is 5.07. The van der Waals surface area contributed by atoms with Gasteiger partial charge in [0, 0.05) is 5.56 Å². The van der Waals surface area contributed by atoms with Crippen LogP contribution in [0.1, 0.15) is 5.56 Å². The fraction of sp³-hybridized carbons (Fsp3) is 0.182. The van der Waals surface area contributed by atoms with E-state index in [0.717, 1.165) is 11.3 Å². The molecule has 73 valence electrons. The first kappa shape index (κ1) is 10.3. The average Bonchev–Trinajstić information content (AvgIpc) is 2.25. The SMILES string of the molecule is COc1ccc(OC)c(/C=C/[C]=O)c1. The topological polar surface area (TPSA) is 35.5 Å². The molecule has 0 aliphatic rings. The van der Waals surface area contributed by atoms with E-state index in [4.69, 9.17) is 9.47 Å². The summed E-state index contributed by atoms with van der Waals surface area (Å²) in [5, 5.41) is 0. The highest BCUT2D eigenvalue weighted by atomic mass is 16.5. The summed E-state index contributed by atoms with van der Waals surface area (Å²) in [6, 6.07) is 5.36. The molecule has 0 N–H and O–H groups in total. The summed E-state index contributed by atoms with van der Waals surface area (Å²) in [5.41, 5.74) is 0.787. The van der Waals surface area contributed by atoms with E-state index in [1.54, 1.807) is 44.8 Å². The molecule has 1 radical (unpaired) electrons. The number of benzene rings is 1. The molecule has 0 saturated carbocycles. The van der Waals surface area contributed by atoms with Crippen LogP contribution in [0.15, 0.2) is 24.3 Å². The van der Waals surface area contributed by atoms with Gasteiger partial charge in [0.25, 0.3) is 0 Å². The van der Waals surface area contributed by atoms with Crippen LogP contribution < -0.4 is 9.47 Å². The lowest BCUT2D eigenvalue weighted by molar-refractivity contribution is 0.402. The van der Waals surface area contributed by atoms with Gasteiger partial charge in [0.05, 0.1) is 14.2 Å². The van der Waals surface area contributed by atoms with Crippen molar-refractivity contribution in [3.63, 3.8) is 0 Å². The van der Waals surface area contributed by atoms with Gasteiger partial charge in [-0.05, 0) is 30.4 Å². The summed E-state index contributed by atoms with van der Waals surface area (Å²) in [4.78, 5) is 10.0. The standard InChI is InChI=1S/C11H11O3/c1-13-10-5-6-11(14-2)9(8-10)4-3-7-12/h3-6,8H,1-2H3/b4-3+. The van der Waals surface area contributed by atoms with Gasteiger partial charge in [-0.2, -0.15) is 0 Å². The highest BCUT2D eigenvalue weighted by molar-refractivity contribution is 5.76. The molecule has 0 aromatic heterocycles. The van der Waals surface area contributed by atoms with Gasteiger partial charge >= 0.3 is 0 Å². The van der Waals surface area contributed by atoms with Crippen LogP contribution in [0.5, 0.6) is 11.5 Å². The van der Waals surface area contributed by atoms with E-state index in [-0.39, 0.29) is 0 Å². The van der Waals surface area contributed by atoms with Crippen LogP contribution in [0.2, 0.25) is 0 Å². The third-order valence-corrected chi connectivity index (χ3v) is 1.77. The Kier molecular flexibility index (Phi) is 3.73. The van der Waals surface area contributed by atoms with Gasteiger partial charge < -0.3 is 9.47 Å². The van der Waals surface area contributed by atoms with E-state index >= 15 is 0 Å². The van der Waals surface area contributed by atoms with Gasteiger partial charge in [-0.3, -0.25) is 4.79 Å². The molecular formula is C11H11O3. The van der Waals surface area contributed by atoms with Crippen LogP contribution in [0, 0.1) is 0 Å². The number of hydrogen-bond acceptors (Lipinski definition) is 3. The molecule has 1 aromatic rings. The van der Waals surface area contributed by atoms with Crippen molar-refractivity contribution in [1.29, 1.82) is 0 Å². The first-order valence-electron chi connectivity index (χ1n) is 4.08. The first-order valence-corrected chi connectivity index (χ1v) is 4.08. The van der Waals surface area contributed by atoms with E-state index < -0.39 is 0 Å². The Morgan fingerprint density at radius 3 is 2.64 bits per heavy atom. The van der Waals surface area contributed by atoms with Crippen LogP contribution in [0.3, 0.4) is 0 Å². The summed E-state index contributed by atoms with van der Waals surface area (Å²) in [7, 11) is 3.16. The molecule has 0 aliphatic heterocycles. The number of ether oxygens (including phenoxy) is 2. The minimum atomic E-state index is 0.692. The minimum absolute atomic E-state index is 0.692. The number of rotatable bonds is 4. The Labute approximate surface area is 83.0 Å². The van der Waals surface area contributed by atoms with Gasteiger partial charge in [0.15, 0.2) is 0 Å². The fourth-order valence-corrected chi connectivity index (χ4v) is 1.09. The maximum Gasteiger partial charge on any atom is 0.225 e. The quantitative estimate of drug-likeness (QED) is 0.681. The average molecular weight is 191 g/mol. The van der Waals surface area contributed by atoms with Gasteiger partial charge in [-0.25, -0.2) is 0 Å². The normalized spacial score (nSPS) is 10.1. The van der Waals surface area contributed by atoms with Crippen molar-refractivity contribution < 1.29 is 14.3 Å². The number of methoxy groups -OCH3 is 2. The van der Waals surface area contributed by atoms with Crippen molar-refractivity contribution in [2.75, 3.05) is 14.2 Å². The Morgan fingerprint density at radius 1 is 1.29 bits per heavy atom. The molecule has 0 spiro atoms. The van der Waals surface area contributed by atoms with Gasteiger partial charge in [-0.15, -0.1) is 0 Å². The van der Waals surface area contributed by atoms with Gasteiger partial charge in [0.2, 0.25) is 6.29 Å². The molecule has 0 heterocycles. The summed E-state index contributed by atoms with van der Waals surface area (Å²) >= 11 is 0. The Hall–Kier alpha value is -1.77. The molecule has 0 unspecified atom stereocenters. The largest absolute Gasteiger partial charge is 0.497 e. The molecule has 1 aromatic carbocycles. The second-order valence-electron chi connectivity index (χ2n) is 2.56. The third kappa shape index (κ3) is 2.36. The van der Waals surface area contributed by atoms with E-state index in [2.05, 4.69) is 0 Å². The first-order chi connectivity index (χ1) is 6.81. The fourth-order valence-electron chi connectivity index (χ4n) is 1.09. The summed E-state index contributed by atoms with van der Waals surface area (Å²) < 4.78 is 10.2. The van der Waals surface area contributed by atoms with Crippen LogP contribution in [0.4, 0.5) is 0 Å². The van der Waals surface area contributed by atoms with E-state index in [0.29, 0.717) is 5.75 Å². The predicted octanol–water partition coefficient (Wildman–Crippen LogP) is 1.83. The molecule has 0 atom stereocenters. The van der Waals surface area contributed by atoms with Crippen molar-refractivity contribution in [3.8, 4) is 11.5 Å². The molecule has 1 rings (SSSR count). The lowest BCUT2D eigenvalue weighted by Gasteiger charge is -2.06. The summed E-state index contributed by atoms with van der Waals surface area (Å²) in [6.07, 6.45) is 4.59. The monoisotopic (exact) mass is 191 g/mol. The minimum Gasteiger partial charge on any atom is -0.497 e. The molecule has 3 nitrogen and oxygen atoms in total. The number of hydrogen-bond donors (Lipinski definition) is 0. The van der Waals surface area contributed by atoms with Crippen LogP contribution in [-0.2, 0) is 4.79 Å². The molecular weight excluding hydrogens is 180 g/mol. The molecule has 0 saturated heterocycles. The molecule has 0 amide bonds. The van der Waals surface area contributed by atoms with E-state index in [9.17, 15) is 4.79 Å². The maximum absolute atomic E-state index is 10.0. The molecule has 0 fully saturated rings. The van der Waals surface area contributed by atoms with Gasteiger partial charge in [0.1, 0.15) is 11.5 Å². The summed E-state index contributed by atoms with van der Waals surface area (Å²) in [6.45, 7) is 0. The van der Waals surface area contributed by atoms with Crippen molar-refractivity contribution >= 4 is 12.4 Å². The molecule has 0 aliphatic carbocycles. The molecule has 3 heteroatoms. The smallest absolute Gasteiger partial charge is 0.225 e. The zero-order valence-electron chi connectivity index (χ0n) is 8.11. The van der Waals surface area contributed by atoms with E-state index in [1.807, 2.05) is 0 Å². The van der Waals surface area contributed by atoms with Crippen molar-refractivity contribution in [2.45, 2.75) is 0 Å². The molecule has 14 heavy (non-hydrogen) atoms. The summed E-state index contributed by atoms with van der Waals surface area (Å²) in [5.74, 6) is 1.41. The Balaban J connectivity index is 3.07. The van der Waals surface area contributed by atoms with Crippen LogP contribution in [0.25, 0.3) is 6.08 Å². The number of carbonyl (C=O) groups excluding carboxylic acids is 1. The molecule has 0 bridgehead atoms. The zero-order valence-corrected chi connectivity index (χ0v) is 8.11. The van der Waals surface area contributed by atoms with Crippen molar-refractivity contribution in [1.82, 2.24) is 0 Å². The van der Waals surface area contributed by atoms with Crippen molar-refractivity contribution in [2.24, 2.45) is 0 Å². The van der Waals surface area contributed by atoms with Crippen LogP contribution >= 0.6 is 0 Å². The Bertz CT molecular complexity index is 342. The third-order valence-electron chi connectivity index (χ3n) is 1.77. The highest BCUT2D eigenvalue weighted by Gasteiger charge is 2.00. The number of allylic oxidation sites excluding steroid dienone is 1. The zero-order chi connectivity index (χ0) is 10.4. The Morgan fingerprint density at radius 2 is 2.07 bits per heavy atom. The van der Waals surface area contributed by atoms with Crippen LogP contribution in [-0.4, -0.2) is 20.5 Å². The highest BCUT2D eigenvalue weighted by Crippen LogP contribution is 2.24. The predicted molar refractivity (Wildman–Crippen MR) is 54.3 cm³/mol. The lowest BCUT2D eigenvalue weighted by Crippen LogP contribution is -1.89. The van der Waals surface area contributed by atoms with Gasteiger partial charge in [-0.1, -0.05) is 0 Å².